The lowest BCUT2D eigenvalue weighted by Gasteiger charge is -2.16. The molecule has 0 saturated heterocycles. The first-order valence-electron chi connectivity index (χ1n) is 10.5. The molecule has 1 amide bonds. The van der Waals surface area contributed by atoms with Crippen LogP contribution in [0.4, 0.5) is 0 Å². The Morgan fingerprint density at radius 2 is 1.73 bits per heavy atom. The summed E-state index contributed by atoms with van der Waals surface area (Å²) >= 11 is 1.26. The maximum atomic E-state index is 12.6. The highest BCUT2D eigenvalue weighted by Crippen LogP contribution is 2.30. The summed E-state index contributed by atoms with van der Waals surface area (Å²) in [5.41, 5.74) is 2.63. The van der Waals surface area contributed by atoms with Gasteiger partial charge in [0.25, 0.3) is 5.91 Å². The Labute approximate surface area is 195 Å². The number of hydrogen-bond donors (Lipinski definition) is 1. The Hall–Kier alpha value is -3.78. The second kappa shape index (κ2) is 9.79. The second-order valence-electron chi connectivity index (χ2n) is 7.66. The van der Waals surface area contributed by atoms with Gasteiger partial charge >= 0.3 is 5.97 Å². The summed E-state index contributed by atoms with van der Waals surface area (Å²) in [6.45, 7) is 2.84. The molecule has 0 bridgehead atoms. The molecule has 2 heterocycles. The number of ether oxygens (including phenoxy) is 1. The first kappa shape index (κ1) is 22.4. The van der Waals surface area contributed by atoms with Gasteiger partial charge in [0.1, 0.15) is 9.71 Å². The van der Waals surface area contributed by atoms with E-state index in [0.717, 1.165) is 27.2 Å². The number of nitrogens with one attached hydrogen (secondary N) is 1. The number of aromatic nitrogens is 2. The van der Waals surface area contributed by atoms with Crippen LogP contribution in [0.3, 0.4) is 0 Å². The number of carbonyl (C=O) groups excluding carboxylic acids is 3. The predicted molar refractivity (Wildman–Crippen MR) is 127 cm³/mol. The molecule has 7 nitrogen and oxygen atoms in total. The minimum atomic E-state index is -0.678. The average Bonchev–Trinajstić information content (AvgIpc) is 3.39. The Bertz CT molecular complexity index is 1300. The lowest BCUT2D eigenvalue weighted by Crippen LogP contribution is -2.43. The summed E-state index contributed by atoms with van der Waals surface area (Å²) in [6.07, 6.45) is 0.376. The van der Waals surface area contributed by atoms with E-state index in [1.807, 2.05) is 67.6 Å². The minimum Gasteiger partial charge on any atom is -0.451 e. The molecule has 33 heavy (non-hydrogen) atoms. The van der Waals surface area contributed by atoms with Crippen molar-refractivity contribution in [2.75, 3.05) is 6.61 Å². The van der Waals surface area contributed by atoms with Gasteiger partial charge in [-0.3, -0.25) is 9.59 Å². The first-order chi connectivity index (χ1) is 15.9. The predicted octanol–water partition coefficient (Wildman–Crippen LogP) is 3.87. The Kier molecular flexibility index (Phi) is 6.65. The normalized spacial score (nSPS) is 11.8. The second-order valence-corrected chi connectivity index (χ2v) is 8.69. The van der Waals surface area contributed by atoms with Gasteiger partial charge in [0.05, 0.1) is 17.4 Å². The summed E-state index contributed by atoms with van der Waals surface area (Å²) in [5, 5.41) is 8.07. The molecule has 1 atom stereocenters. The molecule has 0 radical (unpaired) electrons. The molecule has 0 spiro atoms. The van der Waals surface area contributed by atoms with Gasteiger partial charge in [0.2, 0.25) is 0 Å². The molecule has 2 aromatic carbocycles. The van der Waals surface area contributed by atoms with Gasteiger partial charge in [0.15, 0.2) is 12.4 Å². The van der Waals surface area contributed by atoms with Crippen LogP contribution < -0.4 is 5.32 Å². The summed E-state index contributed by atoms with van der Waals surface area (Å²) in [5.74, 6) is -1.27. The number of amides is 1. The summed E-state index contributed by atoms with van der Waals surface area (Å²) in [7, 11) is 0. The Balaban J connectivity index is 1.41. The molecule has 1 N–H and O–H groups in total. The van der Waals surface area contributed by atoms with Crippen LogP contribution in [-0.4, -0.2) is 40.1 Å². The number of ketones is 1. The van der Waals surface area contributed by atoms with Crippen molar-refractivity contribution in [1.29, 1.82) is 0 Å². The molecule has 2 aromatic heterocycles. The zero-order valence-corrected chi connectivity index (χ0v) is 19.1. The van der Waals surface area contributed by atoms with Crippen LogP contribution in [-0.2, 0) is 20.7 Å². The van der Waals surface area contributed by atoms with E-state index in [9.17, 15) is 14.4 Å². The van der Waals surface area contributed by atoms with E-state index in [0.29, 0.717) is 11.3 Å². The zero-order valence-electron chi connectivity index (χ0n) is 18.3. The van der Waals surface area contributed by atoms with Crippen LogP contribution in [0, 0.1) is 6.92 Å². The van der Waals surface area contributed by atoms with Crippen molar-refractivity contribution in [3.05, 3.63) is 82.9 Å². The van der Waals surface area contributed by atoms with Crippen molar-refractivity contribution >= 4 is 39.2 Å². The molecular weight excluding hydrogens is 438 g/mol. The van der Waals surface area contributed by atoms with E-state index in [4.69, 9.17) is 4.74 Å². The molecule has 1 unspecified atom stereocenters. The molecular formula is C25H23N3O4S. The van der Waals surface area contributed by atoms with Gasteiger partial charge in [-0.05, 0) is 44.0 Å². The number of hydrogen-bond acceptors (Lipinski definition) is 6. The molecule has 4 rings (SSSR count). The van der Waals surface area contributed by atoms with Crippen molar-refractivity contribution in [3.63, 3.8) is 0 Å². The van der Waals surface area contributed by atoms with Crippen molar-refractivity contribution in [1.82, 2.24) is 15.1 Å². The molecule has 8 heteroatoms. The van der Waals surface area contributed by atoms with Crippen molar-refractivity contribution < 1.29 is 19.1 Å². The third-order valence-corrected chi connectivity index (χ3v) is 6.28. The first-order valence-corrected chi connectivity index (χ1v) is 11.3. The highest BCUT2D eigenvalue weighted by molar-refractivity contribution is 7.20. The van der Waals surface area contributed by atoms with E-state index in [-0.39, 0.29) is 5.78 Å². The van der Waals surface area contributed by atoms with Crippen LogP contribution in [0.2, 0.25) is 0 Å². The van der Waals surface area contributed by atoms with E-state index < -0.39 is 24.5 Å². The van der Waals surface area contributed by atoms with Crippen LogP contribution in [0.5, 0.6) is 0 Å². The van der Waals surface area contributed by atoms with Crippen LogP contribution in [0.25, 0.3) is 15.9 Å². The standard InChI is InChI=1S/C25H23N3O4S/c1-16-20-14-22(33-24(20)28(27-16)19-11-7-4-8-12-19)25(31)32-15-23(30)26-21(17(2)29)13-18-9-5-3-6-10-18/h3-12,14,21H,13,15H2,1-2H3,(H,26,30). The van der Waals surface area contributed by atoms with E-state index in [1.54, 1.807) is 10.7 Å². The van der Waals surface area contributed by atoms with Gasteiger partial charge in [-0.2, -0.15) is 5.10 Å². The smallest absolute Gasteiger partial charge is 0.348 e. The third-order valence-electron chi connectivity index (χ3n) is 5.19. The fourth-order valence-corrected chi connectivity index (χ4v) is 4.55. The number of Topliss-reactive ketones (excluding diaryl/α,β-unsaturated/α-hetero) is 1. The SMILES string of the molecule is CC(=O)C(Cc1ccccc1)NC(=O)COC(=O)c1cc2c(C)nn(-c3ccccc3)c2s1. The monoisotopic (exact) mass is 461 g/mol. The van der Waals surface area contributed by atoms with Crippen LogP contribution in [0.15, 0.2) is 66.7 Å². The summed E-state index contributed by atoms with van der Waals surface area (Å²) in [6, 6.07) is 20.1. The average molecular weight is 462 g/mol. The lowest BCUT2D eigenvalue weighted by atomic mass is 10.0. The van der Waals surface area contributed by atoms with E-state index >= 15 is 0 Å². The van der Waals surface area contributed by atoms with Gasteiger partial charge in [-0.1, -0.05) is 48.5 Å². The minimum absolute atomic E-state index is 0.163. The molecule has 0 aliphatic carbocycles. The topological polar surface area (TPSA) is 90.3 Å². The number of rotatable bonds is 8. The quantitative estimate of drug-likeness (QED) is 0.402. The van der Waals surface area contributed by atoms with E-state index in [2.05, 4.69) is 10.4 Å². The number of thiophene rings is 1. The highest BCUT2D eigenvalue weighted by atomic mass is 32.1. The van der Waals surface area contributed by atoms with Crippen molar-refractivity contribution in [2.24, 2.45) is 0 Å². The van der Waals surface area contributed by atoms with Gasteiger partial charge in [-0.25, -0.2) is 9.48 Å². The Morgan fingerprint density at radius 3 is 2.39 bits per heavy atom. The summed E-state index contributed by atoms with van der Waals surface area (Å²) in [4.78, 5) is 38.1. The van der Waals surface area contributed by atoms with Crippen LogP contribution in [0.1, 0.15) is 27.9 Å². The molecule has 0 aliphatic rings. The number of carbonyl (C=O) groups is 3. The lowest BCUT2D eigenvalue weighted by molar-refractivity contribution is -0.128. The third kappa shape index (κ3) is 5.18. The van der Waals surface area contributed by atoms with Gasteiger partial charge < -0.3 is 10.1 Å². The maximum absolute atomic E-state index is 12.6. The fraction of sp³-hybridized carbons (Fsp3) is 0.200. The van der Waals surface area contributed by atoms with Gasteiger partial charge in [0, 0.05) is 5.39 Å². The summed E-state index contributed by atoms with van der Waals surface area (Å²) < 4.78 is 7.02. The molecule has 0 fully saturated rings. The number of nitrogens with zero attached hydrogens (tertiary/aromatic N) is 2. The van der Waals surface area contributed by atoms with Crippen molar-refractivity contribution in [2.45, 2.75) is 26.3 Å². The largest absolute Gasteiger partial charge is 0.451 e. The number of fused-ring (bicyclic) bond motifs is 1. The molecule has 0 aliphatic heterocycles. The number of benzene rings is 2. The molecule has 4 aromatic rings. The Morgan fingerprint density at radius 1 is 1.06 bits per heavy atom. The maximum Gasteiger partial charge on any atom is 0.348 e. The number of aryl methyl sites for hydroxylation is 1. The number of esters is 1. The van der Waals surface area contributed by atoms with Crippen LogP contribution >= 0.6 is 11.3 Å². The van der Waals surface area contributed by atoms with Crippen molar-refractivity contribution in [3.8, 4) is 5.69 Å². The fourth-order valence-electron chi connectivity index (χ4n) is 3.48. The zero-order chi connectivity index (χ0) is 23.4. The van der Waals surface area contributed by atoms with Gasteiger partial charge in [-0.15, -0.1) is 11.3 Å². The molecule has 168 valence electrons. The highest BCUT2D eigenvalue weighted by Gasteiger charge is 2.21. The van der Waals surface area contributed by atoms with E-state index in [1.165, 1.54) is 18.3 Å². The molecule has 0 saturated carbocycles. The number of para-hydroxylation sites is 1.